The molecule has 0 heterocycles. The van der Waals surface area contributed by atoms with Crippen LogP contribution < -0.4 is 16.0 Å². The highest BCUT2D eigenvalue weighted by Crippen LogP contribution is 2.20. The van der Waals surface area contributed by atoms with Crippen LogP contribution in [0.2, 0.25) is 0 Å². The van der Waals surface area contributed by atoms with Crippen molar-refractivity contribution in [2.24, 2.45) is 4.99 Å². The number of rotatable bonds is 10. The van der Waals surface area contributed by atoms with Crippen molar-refractivity contribution in [2.75, 3.05) is 47.0 Å². The summed E-state index contributed by atoms with van der Waals surface area (Å²) in [7, 11) is 3.30. The van der Waals surface area contributed by atoms with Crippen LogP contribution in [0.4, 0.5) is 0 Å². The van der Waals surface area contributed by atoms with E-state index in [0.717, 1.165) is 19.6 Å². The number of nitrogens with zero attached hydrogens (tertiary/aromatic N) is 1. The summed E-state index contributed by atoms with van der Waals surface area (Å²) in [6.07, 6.45) is 7.73. The Balaban J connectivity index is 2.01. The van der Waals surface area contributed by atoms with Crippen LogP contribution >= 0.6 is 0 Å². The van der Waals surface area contributed by atoms with Gasteiger partial charge in [0.15, 0.2) is 5.96 Å². The third-order valence-electron chi connectivity index (χ3n) is 3.79. The lowest BCUT2D eigenvalue weighted by molar-refractivity contribution is -0.120. The first kappa shape index (κ1) is 19.7. The van der Waals surface area contributed by atoms with Crippen molar-refractivity contribution in [2.45, 2.75) is 44.6 Å². The lowest BCUT2D eigenvalue weighted by Gasteiger charge is -2.22. The molecule has 0 spiro atoms. The van der Waals surface area contributed by atoms with Crippen molar-refractivity contribution in [3.63, 3.8) is 0 Å². The molecule has 1 aliphatic carbocycles. The Labute approximate surface area is 139 Å². The molecule has 1 fully saturated rings. The summed E-state index contributed by atoms with van der Waals surface area (Å²) < 4.78 is 10.8. The molecule has 7 heteroatoms. The van der Waals surface area contributed by atoms with E-state index in [4.69, 9.17) is 9.47 Å². The van der Waals surface area contributed by atoms with Crippen molar-refractivity contribution in [3.8, 4) is 0 Å². The molecule has 1 amide bonds. The molecule has 0 aliphatic heterocycles. The Morgan fingerprint density at radius 3 is 2.57 bits per heavy atom. The number of carbonyl (C=O) groups excluding carboxylic acids is 1. The van der Waals surface area contributed by atoms with Gasteiger partial charge in [-0.15, -0.1) is 0 Å². The first-order valence-corrected chi connectivity index (χ1v) is 8.58. The van der Waals surface area contributed by atoms with Gasteiger partial charge in [0.1, 0.15) is 0 Å². The minimum atomic E-state index is -0.0781. The van der Waals surface area contributed by atoms with Gasteiger partial charge in [-0.05, 0) is 19.3 Å². The second kappa shape index (κ2) is 13.1. The number of guanidine groups is 1. The number of hydrogen-bond donors (Lipinski definition) is 3. The molecule has 7 nitrogen and oxygen atoms in total. The summed E-state index contributed by atoms with van der Waals surface area (Å²) >= 11 is 0. The predicted octanol–water partition coefficient (Wildman–Crippen LogP) is 0.653. The third kappa shape index (κ3) is 10.1. The molecule has 1 rings (SSSR count). The van der Waals surface area contributed by atoms with Crippen LogP contribution in [0.3, 0.4) is 0 Å². The zero-order valence-electron chi connectivity index (χ0n) is 14.5. The number of nitrogens with one attached hydrogen (secondary N) is 3. The maximum atomic E-state index is 11.6. The largest absolute Gasteiger partial charge is 0.383 e. The number of amides is 1. The highest BCUT2D eigenvalue weighted by molar-refractivity contribution is 5.86. The maximum absolute atomic E-state index is 11.6. The van der Waals surface area contributed by atoms with Crippen molar-refractivity contribution in [1.29, 1.82) is 0 Å². The van der Waals surface area contributed by atoms with E-state index in [2.05, 4.69) is 20.9 Å². The highest BCUT2D eigenvalue weighted by Gasteiger charge is 2.13. The summed E-state index contributed by atoms with van der Waals surface area (Å²) in [6.45, 7) is 2.77. The maximum Gasteiger partial charge on any atom is 0.239 e. The monoisotopic (exact) mass is 328 g/mol. The number of ether oxygens (including phenoxy) is 2. The minimum Gasteiger partial charge on any atom is -0.383 e. The van der Waals surface area contributed by atoms with Crippen molar-refractivity contribution >= 4 is 11.9 Å². The Bertz CT molecular complexity index is 344. The molecular weight excluding hydrogens is 296 g/mol. The number of hydrogen-bond acceptors (Lipinski definition) is 4. The average molecular weight is 328 g/mol. The van der Waals surface area contributed by atoms with Crippen LogP contribution in [0.5, 0.6) is 0 Å². The van der Waals surface area contributed by atoms with Crippen molar-refractivity contribution in [3.05, 3.63) is 0 Å². The molecule has 1 saturated carbocycles. The van der Waals surface area contributed by atoms with Gasteiger partial charge in [-0.2, -0.15) is 0 Å². The fourth-order valence-electron chi connectivity index (χ4n) is 2.50. The Kier molecular flexibility index (Phi) is 11.3. The summed E-state index contributed by atoms with van der Waals surface area (Å²) in [4.78, 5) is 15.7. The topological polar surface area (TPSA) is 84.0 Å². The zero-order valence-corrected chi connectivity index (χ0v) is 14.5. The molecule has 0 radical (unpaired) electrons. The van der Waals surface area contributed by atoms with E-state index in [-0.39, 0.29) is 12.5 Å². The lowest BCUT2D eigenvalue weighted by Crippen LogP contribution is -2.44. The molecule has 3 N–H and O–H groups in total. The Morgan fingerprint density at radius 1 is 1.09 bits per heavy atom. The van der Waals surface area contributed by atoms with Gasteiger partial charge in [0.25, 0.3) is 0 Å². The summed E-state index contributed by atoms with van der Waals surface area (Å²) in [5, 5.41) is 8.91. The molecule has 0 aromatic carbocycles. The van der Waals surface area contributed by atoms with Gasteiger partial charge in [0, 0.05) is 33.9 Å². The normalized spacial score (nSPS) is 16.2. The van der Waals surface area contributed by atoms with Gasteiger partial charge in [-0.3, -0.25) is 9.79 Å². The van der Waals surface area contributed by atoms with E-state index in [9.17, 15) is 4.79 Å². The molecule has 0 saturated heterocycles. The van der Waals surface area contributed by atoms with Crippen molar-refractivity contribution < 1.29 is 14.3 Å². The smallest absolute Gasteiger partial charge is 0.239 e. The molecule has 1 aliphatic rings. The first-order valence-electron chi connectivity index (χ1n) is 8.58. The standard InChI is InChI=1S/C16H32N4O3/c1-17-16(20-13-15(21)18-10-12-22-2)19-9-6-11-23-14-7-4-3-5-8-14/h14H,3-13H2,1-2H3,(H,18,21)(H2,17,19,20). The van der Waals surface area contributed by atoms with Crippen LogP contribution in [0.1, 0.15) is 38.5 Å². The van der Waals surface area contributed by atoms with E-state index in [1.165, 1.54) is 32.1 Å². The average Bonchev–Trinajstić information content (AvgIpc) is 2.58. The summed E-state index contributed by atoms with van der Waals surface area (Å²) in [5.74, 6) is 0.551. The van der Waals surface area contributed by atoms with E-state index >= 15 is 0 Å². The van der Waals surface area contributed by atoms with Gasteiger partial charge >= 0.3 is 0 Å². The van der Waals surface area contributed by atoms with Gasteiger partial charge in [-0.25, -0.2) is 0 Å². The molecule has 134 valence electrons. The van der Waals surface area contributed by atoms with Gasteiger partial charge < -0.3 is 25.4 Å². The Morgan fingerprint density at radius 2 is 1.87 bits per heavy atom. The van der Waals surface area contributed by atoms with E-state index in [0.29, 0.717) is 25.2 Å². The highest BCUT2D eigenvalue weighted by atomic mass is 16.5. The molecular formula is C16H32N4O3. The van der Waals surface area contributed by atoms with Crippen molar-refractivity contribution in [1.82, 2.24) is 16.0 Å². The summed E-state index contributed by atoms with van der Waals surface area (Å²) in [5.41, 5.74) is 0. The van der Waals surface area contributed by atoms with E-state index in [1.54, 1.807) is 14.2 Å². The van der Waals surface area contributed by atoms with Crippen LogP contribution in [0, 0.1) is 0 Å². The van der Waals surface area contributed by atoms with Crippen LogP contribution in [-0.2, 0) is 14.3 Å². The first-order chi connectivity index (χ1) is 11.3. The lowest BCUT2D eigenvalue weighted by atomic mass is 9.98. The molecule has 0 aromatic heterocycles. The second-order valence-corrected chi connectivity index (χ2v) is 5.68. The van der Waals surface area contributed by atoms with Crippen LogP contribution in [0.15, 0.2) is 4.99 Å². The predicted molar refractivity (Wildman–Crippen MR) is 91.7 cm³/mol. The number of carbonyl (C=O) groups is 1. The van der Waals surface area contributed by atoms with Crippen LogP contribution in [-0.4, -0.2) is 65.0 Å². The van der Waals surface area contributed by atoms with E-state index in [1.807, 2.05) is 0 Å². The molecule has 0 atom stereocenters. The number of aliphatic imine (C=N–C) groups is 1. The fraction of sp³-hybridized carbons (Fsp3) is 0.875. The number of methoxy groups -OCH3 is 1. The fourth-order valence-corrected chi connectivity index (χ4v) is 2.50. The van der Waals surface area contributed by atoms with Crippen LogP contribution in [0.25, 0.3) is 0 Å². The van der Waals surface area contributed by atoms with Gasteiger partial charge in [0.05, 0.1) is 19.3 Å². The second-order valence-electron chi connectivity index (χ2n) is 5.68. The minimum absolute atomic E-state index is 0.0781. The summed E-state index contributed by atoms with van der Waals surface area (Å²) in [6, 6.07) is 0. The molecule has 0 unspecified atom stereocenters. The zero-order chi connectivity index (χ0) is 16.8. The molecule has 0 bridgehead atoms. The Hall–Kier alpha value is -1.34. The van der Waals surface area contributed by atoms with E-state index < -0.39 is 0 Å². The SMILES string of the molecule is CN=C(NCCCOC1CCCCC1)NCC(=O)NCCOC. The molecule has 0 aromatic rings. The third-order valence-corrected chi connectivity index (χ3v) is 3.79. The quantitative estimate of drug-likeness (QED) is 0.312. The van der Waals surface area contributed by atoms with Gasteiger partial charge in [0.2, 0.25) is 5.91 Å². The van der Waals surface area contributed by atoms with Gasteiger partial charge in [-0.1, -0.05) is 19.3 Å². The molecule has 23 heavy (non-hydrogen) atoms.